The molecule has 0 N–H and O–H groups in total. The molecule has 1 amide bonds. The number of cyclic esters (lactones) is 1. The number of amides is 1. The molecule has 0 aromatic heterocycles. The first kappa shape index (κ1) is 6.86. The fraction of sp³-hybridized carbons (Fsp3) is 0.800. The molecule has 0 aliphatic carbocycles. The topological polar surface area (TPSA) is 29.5 Å². The van der Waals surface area contributed by atoms with Gasteiger partial charge in [-0.25, -0.2) is 4.79 Å². The quantitative estimate of drug-likeness (QED) is 0.578. The van der Waals surface area contributed by atoms with Gasteiger partial charge in [0.25, 0.3) is 0 Å². The molecule has 0 aromatic carbocycles. The Morgan fingerprint density at radius 1 is 2.00 bits per heavy atom. The maximum Gasteiger partial charge on any atom is 0.409 e. The van der Waals surface area contributed by atoms with Crippen molar-refractivity contribution >= 4 is 22.0 Å². The minimum absolute atomic E-state index is 0.0440. The molecule has 1 rings (SSSR count). The fourth-order valence-electron chi connectivity index (χ4n) is 0.730. The van der Waals surface area contributed by atoms with E-state index in [1.165, 1.54) is 0 Å². The van der Waals surface area contributed by atoms with Gasteiger partial charge >= 0.3 is 6.09 Å². The van der Waals surface area contributed by atoms with E-state index in [0.717, 1.165) is 5.33 Å². The molecule has 1 atom stereocenters. The molecule has 1 heterocycles. The first-order chi connectivity index (χ1) is 4.24. The first-order valence-corrected chi connectivity index (χ1v) is 3.84. The van der Waals surface area contributed by atoms with Gasteiger partial charge in [0.05, 0.1) is 6.54 Å². The van der Waals surface area contributed by atoms with Crippen LogP contribution in [0.5, 0.6) is 0 Å². The van der Waals surface area contributed by atoms with Crippen LogP contribution in [0.4, 0.5) is 4.79 Å². The molecule has 0 saturated carbocycles. The van der Waals surface area contributed by atoms with E-state index in [9.17, 15) is 4.79 Å². The lowest BCUT2D eigenvalue weighted by Gasteiger charge is -2.00. The largest absolute Gasteiger partial charge is 0.443 e. The van der Waals surface area contributed by atoms with Crippen LogP contribution in [-0.2, 0) is 4.74 Å². The van der Waals surface area contributed by atoms with Gasteiger partial charge in [-0.1, -0.05) is 15.9 Å². The second-order valence-electron chi connectivity index (χ2n) is 2.04. The van der Waals surface area contributed by atoms with Gasteiger partial charge in [-0.2, -0.15) is 0 Å². The Kier molecular flexibility index (Phi) is 1.95. The number of halogens is 1. The van der Waals surface area contributed by atoms with Crippen molar-refractivity contribution in [2.24, 2.45) is 0 Å². The summed E-state index contributed by atoms with van der Waals surface area (Å²) in [5.41, 5.74) is 0. The van der Waals surface area contributed by atoms with Crippen molar-refractivity contribution in [3.8, 4) is 0 Å². The molecule has 0 bridgehead atoms. The molecule has 3 nitrogen and oxygen atoms in total. The molecule has 4 heteroatoms. The van der Waals surface area contributed by atoms with Crippen molar-refractivity contribution in [3.05, 3.63) is 0 Å². The van der Waals surface area contributed by atoms with Gasteiger partial charge in [-0.05, 0) is 0 Å². The molecular formula is C5H8BrNO2. The third-order valence-electron chi connectivity index (χ3n) is 1.23. The zero-order chi connectivity index (χ0) is 6.85. The average molecular weight is 194 g/mol. The van der Waals surface area contributed by atoms with E-state index in [1.807, 2.05) is 0 Å². The zero-order valence-electron chi connectivity index (χ0n) is 5.13. The van der Waals surface area contributed by atoms with Gasteiger partial charge in [-0.15, -0.1) is 0 Å². The number of carbonyl (C=O) groups excluding carboxylic acids is 1. The number of hydrogen-bond acceptors (Lipinski definition) is 2. The third-order valence-corrected chi connectivity index (χ3v) is 1.95. The smallest absolute Gasteiger partial charge is 0.409 e. The number of rotatable bonds is 1. The monoisotopic (exact) mass is 193 g/mol. The molecule has 1 saturated heterocycles. The molecule has 1 aliphatic rings. The summed E-state index contributed by atoms with van der Waals surface area (Å²) in [6, 6.07) is 0. The van der Waals surface area contributed by atoms with Crippen LogP contribution in [0.1, 0.15) is 0 Å². The molecule has 1 aliphatic heterocycles. The van der Waals surface area contributed by atoms with Gasteiger partial charge in [0, 0.05) is 12.4 Å². The SMILES string of the molecule is CN1C[C@@H](CBr)OC1=O. The molecule has 0 aromatic rings. The van der Waals surface area contributed by atoms with Crippen LogP contribution < -0.4 is 0 Å². The van der Waals surface area contributed by atoms with E-state index in [0.29, 0.717) is 6.54 Å². The average Bonchev–Trinajstić information content (AvgIpc) is 2.13. The Morgan fingerprint density at radius 2 is 2.67 bits per heavy atom. The fourth-order valence-corrected chi connectivity index (χ4v) is 1.07. The maximum absolute atomic E-state index is 10.6. The Labute approximate surface area is 62.1 Å². The lowest BCUT2D eigenvalue weighted by Crippen LogP contribution is -2.19. The highest BCUT2D eigenvalue weighted by Gasteiger charge is 2.26. The van der Waals surface area contributed by atoms with Crippen LogP contribution in [-0.4, -0.2) is 36.0 Å². The number of ether oxygens (including phenoxy) is 1. The molecule has 1 fully saturated rings. The predicted molar refractivity (Wildman–Crippen MR) is 36.7 cm³/mol. The Morgan fingerprint density at radius 3 is 2.89 bits per heavy atom. The second-order valence-corrected chi connectivity index (χ2v) is 2.69. The number of nitrogens with zero attached hydrogens (tertiary/aromatic N) is 1. The first-order valence-electron chi connectivity index (χ1n) is 2.71. The standard InChI is InChI=1S/C5H8BrNO2/c1-7-3-4(2-6)9-5(7)8/h4H,2-3H2,1H3/t4-/m1/s1. The van der Waals surface area contributed by atoms with Crippen LogP contribution >= 0.6 is 15.9 Å². The number of alkyl halides is 1. The second kappa shape index (κ2) is 2.56. The van der Waals surface area contributed by atoms with Crippen molar-refractivity contribution in [2.45, 2.75) is 6.10 Å². The van der Waals surface area contributed by atoms with E-state index < -0.39 is 0 Å². The zero-order valence-corrected chi connectivity index (χ0v) is 6.72. The molecule has 0 unspecified atom stereocenters. The summed E-state index contributed by atoms with van der Waals surface area (Å²) >= 11 is 3.23. The van der Waals surface area contributed by atoms with Gasteiger partial charge < -0.3 is 9.64 Å². The van der Waals surface area contributed by atoms with Crippen LogP contribution in [0.3, 0.4) is 0 Å². The summed E-state index contributed by atoms with van der Waals surface area (Å²) in [6.45, 7) is 0.698. The highest BCUT2D eigenvalue weighted by Crippen LogP contribution is 2.09. The van der Waals surface area contributed by atoms with Gasteiger partial charge in [0.2, 0.25) is 0 Å². The third kappa shape index (κ3) is 1.36. The summed E-state index contributed by atoms with van der Waals surface area (Å²) in [5.74, 6) is 0. The van der Waals surface area contributed by atoms with Crippen molar-refractivity contribution in [1.82, 2.24) is 4.90 Å². The summed E-state index contributed by atoms with van der Waals surface area (Å²) in [7, 11) is 1.73. The van der Waals surface area contributed by atoms with E-state index in [-0.39, 0.29) is 12.2 Å². The molecular weight excluding hydrogens is 186 g/mol. The Bertz CT molecular complexity index is 128. The lowest BCUT2D eigenvalue weighted by molar-refractivity contribution is 0.142. The molecule has 52 valence electrons. The van der Waals surface area contributed by atoms with E-state index in [2.05, 4.69) is 15.9 Å². The van der Waals surface area contributed by atoms with Gasteiger partial charge in [-0.3, -0.25) is 0 Å². The highest BCUT2D eigenvalue weighted by molar-refractivity contribution is 9.09. The predicted octanol–water partition coefficient (Wildman–Crippen LogP) is 0.832. The van der Waals surface area contributed by atoms with Crippen molar-refractivity contribution in [3.63, 3.8) is 0 Å². The van der Waals surface area contributed by atoms with E-state index >= 15 is 0 Å². The number of hydrogen-bond donors (Lipinski definition) is 0. The van der Waals surface area contributed by atoms with Crippen molar-refractivity contribution < 1.29 is 9.53 Å². The van der Waals surface area contributed by atoms with Crippen molar-refractivity contribution in [2.75, 3.05) is 18.9 Å². The number of likely N-dealkylation sites (N-methyl/N-ethyl adjacent to an activating group) is 1. The Balaban J connectivity index is 2.44. The van der Waals surface area contributed by atoms with E-state index in [4.69, 9.17) is 4.74 Å². The van der Waals surface area contributed by atoms with Crippen LogP contribution in [0, 0.1) is 0 Å². The summed E-state index contributed by atoms with van der Waals surface area (Å²) in [6.07, 6.45) is -0.179. The highest BCUT2D eigenvalue weighted by atomic mass is 79.9. The normalized spacial score (nSPS) is 26.7. The Hall–Kier alpha value is -0.250. The molecule has 0 radical (unpaired) electrons. The van der Waals surface area contributed by atoms with Crippen molar-refractivity contribution in [1.29, 1.82) is 0 Å². The maximum atomic E-state index is 10.6. The summed E-state index contributed by atoms with van der Waals surface area (Å²) < 4.78 is 4.86. The summed E-state index contributed by atoms with van der Waals surface area (Å²) in [4.78, 5) is 12.2. The minimum atomic E-state index is -0.223. The van der Waals surface area contributed by atoms with Crippen LogP contribution in [0.25, 0.3) is 0 Å². The number of carbonyl (C=O) groups is 1. The van der Waals surface area contributed by atoms with Crippen LogP contribution in [0.15, 0.2) is 0 Å². The minimum Gasteiger partial charge on any atom is -0.443 e. The van der Waals surface area contributed by atoms with Gasteiger partial charge in [0.15, 0.2) is 0 Å². The van der Waals surface area contributed by atoms with E-state index in [1.54, 1.807) is 11.9 Å². The lowest BCUT2D eigenvalue weighted by atomic mass is 10.4. The summed E-state index contributed by atoms with van der Waals surface area (Å²) in [5, 5.41) is 0.725. The molecule has 9 heavy (non-hydrogen) atoms. The van der Waals surface area contributed by atoms with Crippen LogP contribution in [0.2, 0.25) is 0 Å². The van der Waals surface area contributed by atoms with Gasteiger partial charge in [0.1, 0.15) is 6.10 Å². The molecule has 0 spiro atoms.